The van der Waals surface area contributed by atoms with Crippen molar-refractivity contribution in [3.05, 3.63) is 82.9 Å². The summed E-state index contributed by atoms with van der Waals surface area (Å²) in [6.07, 6.45) is 0. The molecule has 0 saturated carbocycles. The molecule has 0 aliphatic carbocycles. The van der Waals surface area contributed by atoms with Crippen molar-refractivity contribution < 1.29 is 0 Å². The molecular formula is C24H30N4. The molecule has 0 unspecified atom stereocenters. The largest absolute Gasteiger partial charge is 0.397 e. The molecule has 0 heterocycles. The van der Waals surface area contributed by atoms with Crippen LogP contribution in [0.25, 0.3) is 0 Å². The van der Waals surface area contributed by atoms with E-state index in [1.54, 1.807) is 0 Å². The summed E-state index contributed by atoms with van der Waals surface area (Å²) < 4.78 is 0. The molecule has 0 atom stereocenters. The van der Waals surface area contributed by atoms with Crippen molar-refractivity contribution in [2.75, 3.05) is 22.9 Å². The molecule has 28 heavy (non-hydrogen) atoms. The molecule has 8 N–H and O–H groups in total. The molecule has 4 nitrogen and oxygen atoms in total. The predicted octanol–water partition coefficient (Wildman–Crippen LogP) is 4.67. The number of hydrogen-bond donors (Lipinski definition) is 4. The van der Waals surface area contributed by atoms with Crippen molar-refractivity contribution in [2.24, 2.45) is 0 Å². The van der Waals surface area contributed by atoms with Crippen molar-refractivity contribution in [3.8, 4) is 0 Å². The minimum absolute atomic E-state index is 0.184. The predicted molar refractivity (Wildman–Crippen MR) is 121 cm³/mol. The van der Waals surface area contributed by atoms with E-state index < -0.39 is 0 Å². The zero-order valence-corrected chi connectivity index (χ0v) is 17.1. The van der Waals surface area contributed by atoms with Gasteiger partial charge >= 0.3 is 0 Å². The molecule has 0 aliphatic heterocycles. The highest BCUT2D eigenvalue weighted by Crippen LogP contribution is 2.37. The Morgan fingerprint density at radius 3 is 1.00 bits per heavy atom. The van der Waals surface area contributed by atoms with E-state index in [1.807, 2.05) is 36.4 Å². The second-order valence-electron chi connectivity index (χ2n) is 8.51. The van der Waals surface area contributed by atoms with Crippen molar-refractivity contribution in [2.45, 2.75) is 38.5 Å². The van der Waals surface area contributed by atoms with Crippen LogP contribution in [0.1, 0.15) is 49.9 Å². The van der Waals surface area contributed by atoms with Gasteiger partial charge in [0.25, 0.3) is 0 Å². The fourth-order valence-corrected chi connectivity index (χ4v) is 3.56. The number of benzene rings is 3. The minimum atomic E-state index is -0.184. The smallest absolute Gasteiger partial charge is 0.0550 e. The summed E-state index contributed by atoms with van der Waals surface area (Å²) in [5, 5.41) is 0. The van der Waals surface area contributed by atoms with Crippen LogP contribution in [0.4, 0.5) is 22.7 Å². The third-order valence-electron chi connectivity index (χ3n) is 5.95. The number of nitrogens with two attached hydrogens (primary N) is 4. The Hall–Kier alpha value is -3.14. The second kappa shape index (κ2) is 6.79. The highest BCUT2D eigenvalue weighted by molar-refractivity contribution is 5.66. The molecule has 0 saturated heterocycles. The highest BCUT2D eigenvalue weighted by Gasteiger charge is 2.27. The van der Waals surface area contributed by atoms with Crippen LogP contribution in [-0.2, 0) is 10.8 Å². The molecule has 3 rings (SSSR count). The molecule has 0 radical (unpaired) electrons. The van der Waals surface area contributed by atoms with Gasteiger partial charge in [-0.2, -0.15) is 0 Å². The number of nitrogen functional groups attached to an aromatic ring is 4. The lowest BCUT2D eigenvalue weighted by Crippen LogP contribution is -2.22. The van der Waals surface area contributed by atoms with Gasteiger partial charge in [-0.1, -0.05) is 64.1 Å². The summed E-state index contributed by atoms with van der Waals surface area (Å²) in [5.41, 5.74) is 30.6. The van der Waals surface area contributed by atoms with E-state index in [0.717, 1.165) is 11.1 Å². The molecule has 0 fully saturated rings. The van der Waals surface area contributed by atoms with Gasteiger partial charge in [0.2, 0.25) is 0 Å². The molecule has 0 bridgehead atoms. The maximum atomic E-state index is 6.02. The van der Waals surface area contributed by atoms with E-state index in [-0.39, 0.29) is 10.8 Å². The Kier molecular flexibility index (Phi) is 4.76. The van der Waals surface area contributed by atoms with Gasteiger partial charge in [0.1, 0.15) is 0 Å². The van der Waals surface area contributed by atoms with Crippen LogP contribution in [-0.4, -0.2) is 0 Å². The van der Waals surface area contributed by atoms with E-state index in [4.69, 9.17) is 22.9 Å². The van der Waals surface area contributed by atoms with E-state index >= 15 is 0 Å². The Morgan fingerprint density at radius 2 is 0.714 bits per heavy atom. The summed E-state index contributed by atoms with van der Waals surface area (Å²) in [7, 11) is 0. The average molecular weight is 375 g/mol. The van der Waals surface area contributed by atoms with Crippen molar-refractivity contribution in [3.63, 3.8) is 0 Å². The molecule has 0 aromatic heterocycles. The van der Waals surface area contributed by atoms with Crippen LogP contribution < -0.4 is 22.9 Å². The van der Waals surface area contributed by atoms with Crippen LogP contribution in [0, 0.1) is 0 Å². The zero-order valence-electron chi connectivity index (χ0n) is 17.1. The lowest BCUT2D eigenvalue weighted by atomic mass is 9.74. The normalized spacial score (nSPS) is 12.1. The van der Waals surface area contributed by atoms with Gasteiger partial charge in [-0.15, -0.1) is 0 Å². The van der Waals surface area contributed by atoms with Gasteiger partial charge in [0.15, 0.2) is 0 Å². The van der Waals surface area contributed by atoms with Gasteiger partial charge in [-0.05, 0) is 46.5 Å². The average Bonchev–Trinajstić information content (AvgIpc) is 2.66. The Morgan fingerprint density at radius 1 is 0.429 bits per heavy atom. The Balaban J connectivity index is 1.95. The van der Waals surface area contributed by atoms with Crippen molar-refractivity contribution >= 4 is 22.7 Å². The number of hydrogen-bond acceptors (Lipinski definition) is 4. The molecule has 0 spiro atoms. The quantitative estimate of drug-likeness (QED) is 0.498. The topological polar surface area (TPSA) is 104 Å². The van der Waals surface area contributed by atoms with Gasteiger partial charge in [0.05, 0.1) is 22.7 Å². The first-order valence-corrected chi connectivity index (χ1v) is 9.45. The van der Waals surface area contributed by atoms with Crippen LogP contribution in [0.2, 0.25) is 0 Å². The van der Waals surface area contributed by atoms with Crippen LogP contribution in [0.15, 0.2) is 60.7 Å². The molecule has 3 aromatic carbocycles. The standard InChI is InChI=1S/C24H30N4/c1-23(2,17-9-11-19(25)21(27)13-17)15-5-7-16(8-6-15)24(3,4)18-10-12-20(26)22(28)14-18/h5-14H,25-28H2,1-4H3. The van der Waals surface area contributed by atoms with Gasteiger partial charge < -0.3 is 22.9 Å². The number of anilines is 4. The molecule has 0 aliphatic rings. The fraction of sp³-hybridized carbons (Fsp3) is 0.250. The first-order valence-electron chi connectivity index (χ1n) is 9.45. The molecule has 146 valence electrons. The summed E-state index contributed by atoms with van der Waals surface area (Å²) >= 11 is 0. The zero-order chi connectivity index (χ0) is 20.7. The lowest BCUT2D eigenvalue weighted by Gasteiger charge is -2.30. The van der Waals surface area contributed by atoms with E-state index in [9.17, 15) is 0 Å². The van der Waals surface area contributed by atoms with Gasteiger partial charge in [0, 0.05) is 10.8 Å². The molecular weight excluding hydrogens is 344 g/mol. The SMILES string of the molecule is CC(C)(c1ccc(C(C)(C)c2ccc(N)c(N)c2)cc1)c1ccc(N)c(N)c1. The van der Waals surface area contributed by atoms with Crippen molar-refractivity contribution in [1.82, 2.24) is 0 Å². The third-order valence-corrected chi connectivity index (χ3v) is 5.95. The van der Waals surface area contributed by atoms with E-state index in [0.29, 0.717) is 22.7 Å². The molecule has 4 heteroatoms. The molecule has 3 aromatic rings. The van der Waals surface area contributed by atoms with Gasteiger partial charge in [-0.25, -0.2) is 0 Å². The molecule has 0 amide bonds. The first-order chi connectivity index (χ1) is 13.0. The van der Waals surface area contributed by atoms with E-state index in [1.165, 1.54) is 11.1 Å². The maximum Gasteiger partial charge on any atom is 0.0550 e. The monoisotopic (exact) mass is 374 g/mol. The first kappa shape index (κ1) is 19.6. The summed E-state index contributed by atoms with van der Waals surface area (Å²) in [4.78, 5) is 0. The highest BCUT2D eigenvalue weighted by atomic mass is 14.7. The second-order valence-corrected chi connectivity index (χ2v) is 8.51. The summed E-state index contributed by atoms with van der Waals surface area (Å²) in [6.45, 7) is 8.77. The van der Waals surface area contributed by atoms with Gasteiger partial charge in [-0.3, -0.25) is 0 Å². The maximum absolute atomic E-state index is 6.02. The van der Waals surface area contributed by atoms with Crippen LogP contribution >= 0.6 is 0 Å². The van der Waals surface area contributed by atoms with Crippen molar-refractivity contribution in [1.29, 1.82) is 0 Å². The third kappa shape index (κ3) is 3.38. The van der Waals surface area contributed by atoms with E-state index in [2.05, 4.69) is 52.0 Å². The van der Waals surface area contributed by atoms with Crippen LogP contribution in [0.5, 0.6) is 0 Å². The summed E-state index contributed by atoms with van der Waals surface area (Å²) in [6, 6.07) is 20.5. The Bertz CT molecular complexity index is 919. The Labute approximate surface area is 167 Å². The summed E-state index contributed by atoms with van der Waals surface area (Å²) in [5.74, 6) is 0. The lowest BCUT2D eigenvalue weighted by molar-refractivity contribution is 0.627. The van der Waals surface area contributed by atoms with Crippen LogP contribution in [0.3, 0.4) is 0 Å². The number of rotatable bonds is 4. The fourth-order valence-electron chi connectivity index (χ4n) is 3.56. The minimum Gasteiger partial charge on any atom is -0.397 e.